The molecule has 1 aromatic carbocycles. The standard InChI is InChI=1S/C31H24N8/c1-2-6-20(7-3-1)14-32-15-21-12-22(17-33-16-21)25-9-10-27-30(37-25)31(39-38-27)28-13-23-24(18-34-19-29(23)36-28)26-8-4-5-11-35-26/h1-13,16-19,32,36H,14-15H2,(H,38,39). The number of aromatic amines is 2. The van der Waals surface area contributed by atoms with Gasteiger partial charge < -0.3 is 10.3 Å². The van der Waals surface area contributed by atoms with Crippen LogP contribution in [0.4, 0.5) is 0 Å². The molecule has 0 saturated carbocycles. The van der Waals surface area contributed by atoms with Crippen LogP contribution in [0.1, 0.15) is 11.1 Å². The Morgan fingerprint density at radius 1 is 0.718 bits per heavy atom. The summed E-state index contributed by atoms with van der Waals surface area (Å²) in [4.78, 5) is 21.9. The Labute approximate surface area is 224 Å². The third-order valence-electron chi connectivity index (χ3n) is 6.74. The van der Waals surface area contributed by atoms with Crippen molar-refractivity contribution in [1.29, 1.82) is 0 Å². The number of nitrogens with zero attached hydrogens (tertiary/aromatic N) is 5. The molecule has 0 amide bonds. The zero-order chi connectivity index (χ0) is 26.0. The summed E-state index contributed by atoms with van der Waals surface area (Å²) in [6, 6.07) is 24.5. The molecule has 0 aliphatic heterocycles. The summed E-state index contributed by atoms with van der Waals surface area (Å²) in [5, 5.41) is 12.3. The van der Waals surface area contributed by atoms with Gasteiger partial charge in [0.05, 0.1) is 34.3 Å². The maximum absolute atomic E-state index is 5.00. The van der Waals surface area contributed by atoms with Crippen molar-refractivity contribution in [3.05, 3.63) is 115 Å². The predicted molar refractivity (Wildman–Crippen MR) is 152 cm³/mol. The van der Waals surface area contributed by atoms with Gasteiger partial charge in [-0.05, 0) is 47.5 Å². The molecule has 188 valence electrons. The Kier molecular flexibility index (Phi) is 5.84. The van der Waals surface area contributed by atoms with Crippen molar-refractivity contribution in [2.24, 2.45) is 0 Å². The molecule has 0 saturated heterocycles. The summed E-state index contributed by atoms with van der Waals surface area (Å²) in [6.07, 6.45) is 9.19. The van der Waals surface area contributed by atoms with E-state index in [-0.39, 0.29) is 0 Å². The highest BCUT2D eigenvalue weighted by Crippen LogP contribution is 2.33. The number of rotatable bonds is 7. The van der Waals surface area contributed by atoms with Crippen molar-refractivity contribution < 1.29 is 0 Å². The summed E-state index contributed by atoms with van der Waals surface area (Å²) in [5.74, 6) is 0. The third kappa shape index (κ3) is 4.54. The monoisotopic (exact) mass is 508 g/mol. The van der Waals surface area contributed by atoms with E-state index in [1.54, 1.807) is 6.20 Å². The van der Waals surface area contributed by atoms with Crippen LogP contribution in [-0.4, -0.2) is 35.1 Å². The lowest BCUT2D eigenvalue weighted by atomic mass is 10.1. The lowest BCUT2D eigenvalue weighted by Crippen LogP contribution is -2.12. The maximum atomic E-state index is 5.00. The molecule has 0 spiro atoms. The van der Waals surface area contributed by atoms with Crippen molar-refractivity contribution in [3.63, 3.8) is 0 Å². The molecule has 0 bridgehead atoms. The predicted octanol–water partition coefficient (Wildman–Crippen LogP) is 5.92. The highest BCUT2D eigenvalue weighted by Gasteiger charge is 2.16. The van der Waals surface area contributed by atoms with E-state index in [1.165, 1.54) is 5.56 Å². The molecule has 0 aliphatic rings. The van der Waals surface area contributed by atoms with Crippen molar-refractivity contribution in [2.45, 2.75) is 13.1 Å². The van der Waals surface area contributed by atoms with Gasteiger partial charge in [-0.1, -0.05) is 36.4 Å². The van der Waals surface area contributed by atoms with Gasteiger partial charge in [0.1, 0.15) is 11.2 Å². The van der Waals surface area contributed by atoms with Crippen LogP contribution in [0.15, 0.2) is 104 Å². The first kappa shape index (κ1) is 22.9. The van der Waals surface area contributed by atoms with E-state index < -0.39 is 0 Å². The normalized spacial score (nSPS) is 11.4. The van der Waals surface area contributed by atoms with Crippen LogP contribution >= 0.6 is 0 Å². The Morgan fingerprint density at radius 2 is 1.59 bits per heavy atom. The lowest BCUT2D eigenvalue weighted by Gasteiger charge is -2.07. The van der Waals surface area contributed by atoms with E-state index in [0.717, 1.165) is 74.5 Å². The zero-order valence-corrected chi connectivity index (χ0v) is 21.0. The number of aromatic nitrogens is 7. The number of benzene rings is 1. The SMILES string of the molecule is c1ccc(CNCc2cncc(-c3ccc4[nH]nc(-c5cc6c(-c7ccccn7)cncc6[nH]5)c4n3)c2)cc1. The summed E-state index contributed by atoms with van der Waals surface area (Å²) in [7, 11) is 0. The summed E-state index contributed by atoms with van der Waals surface area (Å²) >= 11 is 0. The fraction of sp³-hybridized carbons (Fsp3) is 0.0645. The number of H-pyrrole nitrogens is 2. The second-order valence-corrected chi connectivity index (χ2v) is 9.38. The molecule has 6 heterocycles. The minimum Gasteiger partial charge on any atom is -0.352 e. The average molecular weight is 509 g/mol. The fourth-order valence-corrected chi connectivity index (χ4v) is 4.82. The number of hydrogen-bond acceptors (Lipinski definition) is 6. The lowest BCUT2D eigenvalue weighted by molar-refractivity contribution is 0.691. The van der Waals surface area contributed by atoms with E-state index in [9.17, 15) is 0 Å². The fourth-order valence-electron chi connectivity index (χ4n) is 4.82. The van der Waals surface area contributed by atoms with Gasteiger partial charge in [0.2, 0.25) is 0 Å². The van der Waals surface area contributed by atoms with Gasteiger partial charge in [0.15, 0.2) is 0 Å². The van der Waals surface area contributed by atoms with Crippen molar-refractivity contribution in [3.8, 4) is 33.9 Å². The van der Waals surface area contributed by atoms with Gasteiger partial charge in [-0.15, -0.1) is 0 Å². The molecule has 0 aliphatic carbocycles. The topological polar surface area (TPSA) is 108 Å². The van der Waals surface area contributed by atoms with Crippen molar-refractivity contribution in [2.75, 3.05) is 0 Å². The largest absolute Gasteiger partial charge is 0.352 e. The Morgan fingerprint density at radius 3 is 2.49 bits per heavy atom. The van der Waals surface area contributed by atoms with Crippen molar-refractivity contribution >= 4 is 21.9 Å². The minimum absolute atomic E-state index is 0.719. The van der Waals surface area contributed by atoms with Gasteiger partial charge in [-0.2, -0.15) is 5.10 Å². The molecule has 8 heteroatoms. The van der Waals surface area contributed by atoms with Gasteiger partial charge in [-0.25, -0.2) is 4.98 Å². The second-order valence-electron chi connectivity index (χ2n) is 9.38. The highest BCUT2D eigenvalue weighted by atomic mass is 15.1. The first-order valence-corrected chi connectivity index (χ1v) is 12.7. The van der Waals surface area contributed by atoms with E-state index >= 15 is 0 Å². The zero-order valence-electron chi connectivity index (χ0n) is 21.0. The Bertz CT molecular complexity index is 1890. The quantitative estimate of drug-likeness (QED) is 0.247. The highest BCUT2D eigenvalue weighted by molar-refractivity contribution is 5.99. The van der Waals surface area contributed by atoms with E-state index in [1.807, 2.05) is 61.2 Å². The van der Waals surface area contributed by atoms with Crippen LogP contribution in [0, 0.1) is 0 Å². The van der Waals surface area contributed by atoms with Crippen LogP contribution in [0.3, 0.4) is 0 Å². The van der Waals surface area contributed by atoms with Gasteiger partial charge in [0, 0.05) is 54.4 Å². The molecule has 6 aromatic heterocycles. The summed E-state index contributed by atoms with van der Waals surface area (Å²) < 4.78 is 0. The second kappa shape index (κ2) is 9.92. The molecule has 3 N–H and O–H groups in total. The van der Waals surface area contributed by atoms with Crippen LogP contribution in [-0.2, 0) is 13.1 Å². The third-order valence-corrected chi connectivity index (χ3v) is 6.74. The Balaban J connectivity index is 1.20. The van der Waals surface area contributed by atoms with Crippen LogP contribution in [0.2, 0.25) is 0 Å². The molecular formula is C31H24N8. The van der Waals surface area contributed by atoms with Crippen LogP contribution < -0.4 is 5.32 Å². The number of hydrogen-bond donors (Lipinski definition) is 3. The van der Waals surface area contributed by atoms with Crippen molar-refractivity contribution in [1.82, 2.24) is 40.4 Å². The molecular weight excluding hydrogens is 484 g/mol. The first-order chi connectivity index (χ1) is 19.3. The Hall–Kier alpha value is -5.21. The van der Waals surface area contributed by atoms with E-state index in [0.29, 0.717) is 0 Å². The van der Waals surface area contributed by atoms with Crippen LogP contribution in [0.5, 0.6) is 0 Å². The summed E-state index contributed by atoms with van der Waals surface area (Å²) in [5.41, 5.74) is 10.2. The van der Waals surface area contributed by atoms with Gasteiger partial charge in [-0.3, -0.25) is 20.1 Å². The number of nitrogens with one attached hydrogen (secondary N) is 3. The summed E-state index contributed by atoms with van der Waals surface area (Å²) in [6.45, 7) is 1.52. The molecule has 0 unspecified atom stereocenters. The molecule has 0 atom stereocenters. The van der Waals surface area contributed by atoms with Crippen LogP contribution in [0.25, 0.3) is 55.8 Å². The minimum atomic E-state index is 0.719. The molecule has 0 radical (unpaired) electrons. The average Bonchev–Trinajstić information content (AvgIpc) is 3.62. The molecule has 0 fully saturated rings. The van der Waals surface area contributed by atoms with Gasteiger partial charge >= 0.3 is 0 Å². The van der Waals surface area contributed by atoms with Gasteiger partial charge in [0.25, 0.3) is 0 Å². The smallest absolute Gasteiger partial charge is 0.135 e. The molecule has 7 aromatic rings. The molecule has 7 rings (SSSR count). The number of pyridine rings is 4. The molecule has 8 nitrogen and oxygen atoms in total. The maximum Gasteiger partial charge on any atom is 0.135 e. The van der Waals surface area contributed by atoms with E-state index in [2.05, 4.69) is 71.8 Å². The number of fused-ring (bicyclic) bond motifs is 2. The first-order valence-electron chi connectivity index (χ1n) is 12.7. The van der Waals surface area contributed by atoms with E-state index in [4.69, 9.17) is 4.98 Å². The molecule has 39 heavy (non-hydrogen) atoms.